The third kappa shape index (κ3) is 3.42. The summed E-state index contributed by atoms with van der Waals surface area (Å²) in [7, 11) is 0. The molecule has 4 rings (SSSR count). The van der Waals surface area contributed by atoms with Gasteiger partial charge >= 0.3 is 6.03 Å². The molecule has 0 saturated carbocycles. The first-order valence-electron chi connectivity index (χ1n) is 9.65. The van der Waals surface area contributed by atoms with Crippen LogP contribution in [0.25, 0.3) is 11.8 Å². The van der Waals surface area contributed by atoms with Crippen molar-refractivity contribution in [2.24, 2.45) is 0 Å². The molecular formula is C24H22ClN3O2. The van der Waals surface area contributed by atoms with Crippen molar-refractivity contribution in [1.29, 1.82) is 0 Å². The van der Waals surface area contributed by atoms with E-state index in [2.05, 4.69) is 41.9 Å². The summed E-state index contributed by atoms with van der Waals surface area (Å²) in [5, 5.41) is 3.23. The van der Waals surface area contributed by atoms with Gasteiger partial charge in [0.05, 0.1) is 5.69 Å². The maximum absolute atomic E-state index is 12.9. The summed E-state index contributed by atoms with van der Waals surface area (Å²) < 4.78 is 2.17. The molecule has 1 aromatic heterocycles. The smallest absolute Gasteiger partial charge is 0.318 e. The molecule has 1 fully saturated rings. The Morgan fingerprint density at radius 1 is 0.933 bits per heavy atom. The zero-order valence-electron chi connectivity index (χ0n) is 17.3. The van der Waals surface area contributed by atoms with Gasteiger partial charge in [0.15, 0.2) is 0 Å². The van der Waals surface area contributed by atoms with Crippen LogP contribution in [0.3, 0.4) is 0 Å². The van der Waals surface area contributed by atoms with Crippen LogP contribution < -0.4 is 10.2 Å². The molecule has 0 bridgehead atoms. The first-order chi connectivity index (χ1) is 14.3. The van der Waals surface area contributed by atoms with E-state index >= 15 is 0 Å². The first kappa shape index (κ1) is 20.0. The van der Waals surface area contributed by atoms with Crippen molar-refractivity contribution in [1.82, 2.24) is 9.88 Å². The second-order valence-corrected chi connectivity index (χ2v) is 7.99. The molecule has 2 heterocycles. The number of benzene rings is 2. The second kappa shape index (κ2) is 7.50. The molecule has 0 spiro atoms. The predicted octanol–water partition coefficient (Wildman–Crippen LogP) is 5.46. The number of aryl methyl sites for hydroxylation is 3. The minimum absolute atomic E-state index is 0.246. The van der Waals surface area contributed by atoms with Crippen molar-refractivity contribution in [2.75, 3.05) is 4.90 Å². The highest BCUT2D eigenvalue weighted by molar-refractivity contribution is 6.31. The lowest BCUT2D eigenvalue weighted by molar-refractivity contribution is -0.113. The number of hydrogen-bond acceptors (Lipinski definition) is 2. The Morgan fingerprint density at radius 3 is 2.30 bits per heavy atom. The van der Waals surface area contributed by atoms with E-state index in [-0.39, 0.29) is 5.70 Å². The number of halogens is 1. The van der Waals surface area contributed by atoms with Crippen molar-refractivity contribution in [2.45, 2.75) is 27.7 Å². The number of rotatable bonds is 3. The summed E-state index contributed by atoms with van der Waals surface area (Å²) >= 11 is 5.91. The first-order valence-corrected chi connectivity index (χ1v) is 10.0. The normalized spacial score (nSPS) is 15.2. The van der Waals surface area contributed by atoms with Gasteiger partial charge in [-0.1, -0.05) is 29.3 Å². The van der Waals surface area contributed by atoms with Crippen LogP contribution >= 0.6 is 11.6 Å². The SMILES string of the molecule is Cc1ccc(-n2c(C)cc(/C=C3/NC(=O)N(c4ccc(Cl)cc4)C3=O)c2C)c(C)c1. The van der Waals surface area contributed by atoms with Gasteiger partial charge in [-0.05, 0) is 81.3 Å². The molecule has 0 atom stereocenters. The van der Waals surface area contributed by atoms with Gasteiger partial charge < -0.3 is 9.88 Å². The summed E-state index contributed by atoms with van der Waals surface area (Å²) in [5.41, 5.74) is 7.15. The Hall–Kier alpha value is -3.31. The molecule has 1 saturated heterocycles. The van der Waals surface area contributed by atoms with Crippen molar-refractivity contribution in [3.8, 4) is 5.69 Å². The number of imide groups is 1. The van der Waals surface area contributed by atoms with E-state index in [1.807, 2.05) is 19.9 Å². The molecule has 3 amide bonds. The van der Waals surface area contributed by atoms with Crippen molar-refractivity contribution in [3.63, 3.8) is 0 Å². The molecule has 1 N–H and O–H groups in total. The van der Waals surface area contributed by atoms with Crippen LogP contribution in [0.5, 0.6) is 0 Å². The lowest BCUT2D eigenvalue weighted by atomic mass is 10.1. The van der Waals surface area contributed by atoms with Crippen LogP contribution in [0.15, 0.2) is 54.2 Å². The average molecular weight is 420 g/mol. The van der Waals surface area contributed by atoms with Crippen LogP contribution in [0.4, 0.5) is 10.5 Å². The fourth-order valence-corrected chi connectivity index (χ4v) is 4.00. The van der Waals surface area contributed by atoms with Crippen molar-refractivity contribution < 1.29 is 9.59 Å². The van der Waals surface area contributed by atoms with Gasteiger partial charge in [0.1, 0.15) is 5.70 Å². The monoisotopic (exact) mass is 419 g/mol. The van der Waals surface area contributed by atoms with Gasteiger partial charge in [0.2, 0.25) is 0 Å². The third-order valence-electron chi connectivity index (χ3n) is 5.33. The lowest BCUT2D eigenvalue weighted by Crippen LogP contribution is -2.30. The van der Waals surface area contributed by atoms with Gasteiger partial charge in [-0.25, -0.2) is 9.69 Å². The molecule has 6 heteroatoms. The number of nitrogens with one attached hydrogen (secondary N) is 1. The zero-order chi connectivity index (χ0) is 21.6. The molecule has 2 aromatic carbocycles. The van der Waals surface area contributed by atoms with Crippen LogP contribution in [0, 0.1) is 27.7 Å². The van der Waals surface area contributed by atoms with Gasteiger partial charge in [-0.15, -0.1) is 0 Å². The Balaban J connectivity index is 1.71. The van der Waals surface area contributed by atoms with E-state index in [4.69, 9.17) is 11.6 Å². The third-order valence-corrected chi connectivity index (χ3v) is 5.58. The molecule has 30 heavy (non-hydrogen) atoms. The van der Waals surface area contributed by atoms with Gasteiger partial charge in [0.25, 0.3) is 5.91 Å². The van der Waals surface area contributed by atoms with E-state index in [0.29, 0.717) is 10.7 Å². The minimum atomic E-state index is -0.475. The maximum atomic E-state index is 12.9. The standard InChI is InChI=1S/C24H22ClN3O2/c1-14-5-10-22(15(2)11-14)27-16(3)12-18(17(27)4)13-21-23(29)28(24(30)26-21)20-8-6-19(25)7-9-20/h5-13H,1-4H3,(H,26,30)/b21-13+. The zero-order valence-corrected chi connectivity index (χ0v) is 18.0. The second-order valence-electron chi connectivity index (χ2n) is 7.56. The van der Waals surface area contributed by atoms with Crippen molar-refractivity contribution >= 4 is 35.3 Å². The predicted molar refractivity (Wildman–Crippen MR) is 120 cm³/mol. The van der Waals surface area contributed by atoms with E-state index in [1.54, 1.807) is 30.3 Å². The number of hydrogen-bond donors (Lipinski definition) is 1. The van der Waals surface area contributed by atoms with E-state index in [0.717, 1.165) is 27.5 Å². The van der Waals surface area contributed by atoms with Crippen LogP contribution in [0.1, 0.15) is 28.1 Å². The fourth-order valence-electron chi connectivity index (χ4n) is 3.88. The van der Waals surface area contributed by atoms with Gasteiger partial charge in [-0.2, -0.15) is 0 Å². The molecule has 152 valence electrons. The lowest BCUT2D eigenvalue weighted by Gasteiger charge is -2.13. The summed E-state index contributed by atoms with van der Waals surface area (Å²) in [6, 6.07) is 14.5. The number of carbonyl (C=O) groups excluding carboxylic acids is 2. The quantitative estimate of drug-likeness (QED) is 0.452. The van der Waals surface area contributed by atoms with E-state index < -0.39 is 11.9 Å². The molecular weight excluding hydrogens is 398 g/mol. The molecule has 1 aliphatic heterocycles. The highest BCUT2D eigenvalue weighted by Crippen LogP contribution is 2.28. The molecule has 1 aliphatic rings. The Bertz CT molecular complexity index is 1210. The highest BCUT2D eigenvalue weighted by atomic mass is 35.5. The molecule has 0 unspecified atom stereocenters. The number of urea groups is 1. The van der Waals surface area contributed by atoms with Gasteiger partial charge in [-0.3, -0.25) is 4.79 Å². The summed E-state index contributed by atoms with van der Waals surface area (Å²) in [4.78, 5) is 26.5. The largest absolute Gasteiger partial charge is 0.333 e. The topological polar surface area (TPSA) is 54.3 Å². The summed E-state index contributed by atoms with van der Waals surface area (Å²) in [6.45, 7) is 8.20. The Labute approximate surface area is 180 Å². The van der Waals surface area contributed by atoms with Crippen molar-refractivity contribution in [3.05, 3.63) is 87.3 Å². The number of carbonyl (C=O) groups is 2. The summed E-state index contributed by atoms with van der Waals surface area (Å²) in [6.07, 6.45) is 1.73. The maximum Gasteiger partial charge on any atom is 0.333 e. The average Bonchev–Trinajstić information content (AvgIpc) is 3.12. The summed E-state index contributed by atoms with van der Waals surface area (Å²) in [5.74, 6) is -0.390. The van der Waals surface area contributed by atoms with Crippen LogP contribution in [-0.4, -0.2) is 16.5 Å². The fraction of sp³-hybridized carbons (Fsp3) is 0.167. The molecule has 5 nitrogen and oxygen atoms in total. The Kier molecular flexibility index (Phi) is 5.00. The Morgan fingerprint density at radius 2 is 1.63 bits per heavy atom. The minimum Gasteiger partial charge on any atom is -0.318 e. The molecule has 3 aromatic rings. The number of anilines is 1. The van der Waals surface area contributed by atoms with Gasteiger partial charge in [0, 0.05) is 22.1 Å². The molecule has 0 radical (unpaired) electrons. The van der Waals surface area contributed by atoms with Crippen LogP contribution in [0.2, 0.25) is 5.02 Å². The number of aromatic nitrogens is 1. The molecule has 0 aliphatic carbocycles. The van der Waals surface area contributed by atoms with E-state index in [1.165, 1.54) is 11.1 Å². The van der Waals surface area contributed by atoms with Crippen LogP contribution in [-0.2, 0) is 4.79 Å². The highest BCUT2D eigenvalue weighted by Gasteiger charge is 2.35. The number of amides is 3. The van der Waals surface area contributed by atoms with E-state index in [9.17, 15) is 9.59 Å². The number of nitrogens with zero attached hydrogens (tertiary/aromatic N) is 2.